The molecule has 7 nitrogen and oxygen atoms in total. The molecule has 0 saturated carbocycles. The van der Waals surface area contributed by atoms with Gasteiger partial charge in [0, 0.05) is 12.6 Å². The van der Waals surface area contributed by atoms with Gasteiger partial charge in [-0.3, -0.25) is 10.5 Å². The van der Waals surface area contributed by atoms with Crippen molar-refractivity contribution < 1.29 is 0 Å². The van der Waals surface area contributed by atoms with Crippen molar-refractivity contribution in [2.75, 3.05) is 16.9 Å². The highest BCUT2D eigenvalue weighted by molar-refractivity contribution is 5.87. The topological polar surface area (TPSA) is 95.8 Å². The molecule has 0 saturated heterocycles. The molecule has 4 N–H and O–H groups in total. The van der Waals surface area contributed by atoms with Gasteiger partial charge >= 0.3 is 0 Å². The number of anilines is 2. The second-order valence-electron chi connectivity index (χ2n) is 5.66. The fourth-order valence-electron chi connectivity index (χ4n) is 2.63. The average molecular weight is 291 g/mol. The maximum atomic E-state index is 5.49. The number of fused-ring (bicyclic) bond motifs is 1. The van der Waals surface area contributed by atoms with Crippen LogP contribution in [0.1, 0.15) is 40.5 Å². The van der Waals surface area contributed by atoms with E-state index < -0.39 is 0 Å². The molecule has 0 unspecified atom stereocenters. The van der Waals surface area contributed by atoms with Crippen LogP contribution in [0.15, 0.2) is 6.20 Å². The summed E-state index contributed by atoms with van der Waals surface area (Å²) in [5, 5.41) is 7.91. The SMILES string of the molecule is CCC(CC)N(CC(C)C)c1nc(NN)nc2[nH]ncc12. The number of hydrazine groups is 1. The first-order valence-electron chi connectivity index (χ1n) is 7.55. The zero-order valence-corrected chi connectivity index (χ0v) is 13.2. The van der Waals surface area contributed by atoms with E-state index in [9.17, 15) is 0 Å². The summed E-state index contributed by atoms with van der Waals surface area (Å²) in [5.74, 6) is 7.33. The van der Waals surface area contributed by atoms with Crippen molar-refractivity contribution in [3.05, 3.63) is 6.20 Å². The molecule has 0 atom stereocenters. The van der Waals surface area contributed by atoms with Crippen LogP contribution >= 0.6 is 0 Å². The van der Waals surface area contributed by atoms with Gasteiger partial charge in [0.05, 0.1) is 11.6 Å². The van der Waals surface area contributed by atoms with E-state index in [1.807, 2.05) is 0 Å². The quantitative estimate of drug-likeness (QED) is 0.535. The molecule has 2 rings (SSSR count). The van der Waals surface area contributed by atoms with Crippen molar-refractivity contribution in [3.63, 3.8) is 0 Å². The van der Waals surface area contributed by atoms with Crippen LogP contribution in [0.2, 0.25) is 0 Å². The van der Waals surface area contributed by atoms with Gasteiger partial charge in [-0.1, -0.05) is 27.7 Å². The Hall–Kier alpha value is -1.89. The summed E-state index contributed by atoms with van der Waals surface area (Å²) in [4.78, 5) is 11.2. The Labute approximate surface area is 125 Å². The number of nitrogens with one attached hydrogen (secondary N) is 2. The summed E-state index contributed by atoms with van der Waals surface area (Å²) in [6.07, 6.45) is 3.91. The van der Waals surface area contributed by atoms with E-state index in [1.54, 1.807) is 6.20 Å². The van der Waals surface area contributed by atoms with Crippen molar-refractivity contribution in [1.82, 2.24) is 20.2 Å². The van der Waals surface area contributed by atoms with Gasteiger partial charge in [-0.15, -0.1) is 0 Å². The minimum absolute atomic E-state index is 0.404. The molecule has 2 aromatic rings. The summed E-state index contributed by atoms with van der Waals surface area (Å²) < 4.78 is 0. The Morgan fingerprint density at radius 1 is 1.29 bits per heavy atom. The highest BCUT2D eigenvalue weighted by Gasteiger charge is 2.22. The predicted octanol–water partition coefficient (Wildman–Crippen LogP) is 2.29. The first-order valence-corrected chi connectivity index (χ1v) is 7.55. The van der Waals surface area contributed by atoms with Gasteiger partial charge in [-0.2, -0.15) is 15.1 Å². The van der Waals surface area contributed by atoms with E-state index in [1.165, 1.54) is 0 Å². The largest absolute Gasteiger partial charge is 0.353 e. The second kappa shape index (κ2) is 6.71. The number of rotatable bonds is 7. The van der Waals surface area contributed by atoms with Crippen molar-refractivity contribution >= 4 is 22.8 Å². The maximum absolute atomic E-state index is 5.49. The molecule has 2 aromatic heterocycles. The Kier molecular flexibility index (Phi) is 4.95. The number of H-pyrrole nitrogens is 1. The Balaban J connectivity index is 2.54. The molecule has 0 aliphatic heterocycles. The summed E-state index contributed by atoms with van der Waals surface area (Å²) in [5.41, 5.74) is 3.24. The molecule has 0 aliphatic rings. The molecule has 0 bridgehead atoms. The van der Waals surface area contributed by atoms with Crippen LogP contribution in [0.5, 0.6) is 0 Å². The molecule has 0 amide bonds. The third kappa shape index (κ3) is 3.24. The van der Waals surface area contributed by atoms with Gasteiger partial charge in [0.2, 0.25) is 5.95 Å². The van der Waals surface area contributed by atoms with E-state index in [0.717, 1.165) is 30.6 Å². The monoisotopic (exact) mass is 291 g/mol. The van der Waals surface area contributed by atoms with Gasteiger partial charge in [0.15, 0.2) is 5.65 Å². The average Bonchev–Trinajstić information content (AvgIpc) is 2.94. The van der Waals surface area contributed by atoms with E-state index in [-0.39, 0.29) is 0 Å². The zero-order valence-electron chi connectivity index (χ0n) is 13.2. The fourth-order valence-corrected chi connectivity index (χ4v) is 2.63. The zero-order chi connectivity index (χ0) is 15.4. The van der Waals surface area contributed by atoms with Gasteiger partial charge in [-0.25, -0.2) is 5.84 Å². The Morgan fingerprint density at radius 2 is 2.00 bits per heavy atom. The third-order valence-corrected chi connectivity index (χ3v) is 3.64. The molecule has 0 fully saturated rings. The number of nitrogens with zero attached hydrogens (tertiary/aromatic N) is 4. The molecular formula is C14H25N7. The first kappa shape index (κ1) is 15.5. The molecule has 0 aromatic carbocycles. The summed E-state index contributed by atoms with van der Waals surface area (Å²) in [7, 11) is 0. The molecule has 116 valence electrons. The summed E-state index contributed by atoms with van der Waals surface area (Å²) >= 11 is 0. The number of nitrogens with two attached hydrogens (primary N) is 1. The van der Waals surface area contributed by atoms with Crippen LogP contribution in [0, 0.1) is 5.92 Å². The highest BCUT2D eigenvalue weighted by Crippen LogP contribution is 2.27. The summed E-state index contributed by atoms with van der Waals surface area (Å²) in [6, 6.07) is 0.436. The van der Waals surface area contributed by atoms with E-state index in [2.05, 4.69) is 58.2 Å². The fraction of sp³-hybridized carbons (Fsp3) is 0.643. The van der Waals surface area contributed by atoms with Gasteiger partial charge in [-0.05, 0) is 18.8 Å². The van der Waals surface area contributed by atoms with Gasteiger partial charge in [0.1, 0.15) is 5.82 Å². The van der Waals surface area contributed by atoms with Gasteiger partial charge < -0.3 is 4.90 Å². The molecular weight excluding hydrogens is 266 g/mol. The normalized spacial score (nSPS) is 11.6. The molecule has 0 spiro atoms. The highest BCUT2D eigenvalue weighted by atomic mass is 15.3. The lowest BCUT2D eigenvalue weighted by atomic mass is 10.1. The minimum Gasteiger partial charge on any atom is -0.353 e. The smallest absolute Gasteiger partial charge is 0.241 e. The van der Waals surface area contributed by atoms with Crippen molar-refractivity contribution in [2.45, 2.75) is 46.6 Å². The standard InChI is InChI=1S/C14H25N7/c1-5-10(6-2)21(8-9(3)4)13-11-7-16-20-12(11)17-14(18-13)19-15/h7,9-10H,5-6,8,15H2,1-4H3,(H2,16,17,18,19,20). The number of hydrogen-bond acceptors (Lipinski definition) is 6. The summed E-state index contributed by atoms with van der Waals surface area (Å²) in [6.45, 7) is 9.78. The molecule has 2 heterocycles. The Morgan fingerprint density at radius 3 is 2.57 bits per heavy atom. The van der Waals surface area contributed by atoms with Crippen LogP contribution in [-0.2, 0) is 0 Å². The lowest BCUT2D eigenvalue weighted by Crippen LogP contribution is -2.38. The lowest BCUT2D eigenvalue weighted by Gasteiger charge is -2.33. The van der Waals surface area contributed by atoms with Crippen molar-refractivity contribution in [3.8, 4) is 0 Å². The number of hydrogen-bond donors (Lipinski definition) is 3. The Bertz CT molecular complexity index is 574. The number of aromatic amines is 1. The second-order valence-corrected chi connectivity index (χ2v) is 5.66. The van der Waals surface area contributed by atoms with Crippen LogP contribution < -0.4 is 16.2 Å². The van der Waals surface area contributed by atoms with Crippen molar-refractivity contribution in [2.24, 2.45) is 11.8 Å². The number of nitrogen functional groups attached to an aromatic ring is 1. The molecule has 0 aliphatic carbocycles. The van der Waals surface area contributed by atoms with E-state index in [4.69, 9.17) is 5.84 Å². The molecule has 7 heteroatoms. The predicted molar refractivity (Wildman–Crippen MR) is 86.0 cm³/mol. The van der Waals surface area contributed by atoms with Crippen LogP contribution in [0.3, 0.4) is 0 Å². The molecule has 21 heavy (non-hydrogen) atoms. The van der Waals surface area contributed by atoms with Crippen LogP contribution in [0.25, 0.3) is 11.0 Å². The van der Waals surface area contributed by atoms with Gasteiger partial charge in [0.25, 0.3) is 0 Å². The first-order chi connectivity index (χ1) is 10.1. The third-order valence-electron chi connectivity index (χ3n) is 3.64. The minimum atomic E-state index is 0.404. The van der Waals surface area contributed by atoms with Crippen molar-refractivity contribution in [1.29, 1.82) is 0 Å². The van der Waals surface area contributed by atoms with E-state index in [0.29, 0.717) is 23.6 Å². The van der Waals surface area contributed by atoms with Crippen LogP contribution in [-0.4, -0.2) is 32.8 Å². The lowest BCUT2D eigenvalue weighted by molar-refractivity contribution is 0.504. The molecule has 0 radical (unpaired) electrons. The van der Waals surface area contributed by atoms with Crippen LogP contribution in [0.4, 0.5) is 11.8 Å². The maximum Gasteiger partial charge on any atom is 0.241 e. The number of aromatic nitrogens is 4. The van der Waals surface area contributed by atoms with E-state index >= 15 is 0 Å².